The monoisotopic (exact) mass is 411 g/mol. The maximum Gasteiger partial charge on any atom is 0.320 e. The Bertz CT molecular complexity index is 710. The summed E-state index contributed by atoms with van der Waals surface area (Å²) in [4.78, 5) is 16.9. The van der Waals surface area contributed by atoms with Crippen molar-refractivity contribution in [3.8, 4) is 0 Å². The number of amides is 2. The van der Waals surface area contributed by atoms with E-state index in [0.29, 0.717) is 18.8 Å². The smallest absolute Gasteiger partial charge is 0.320 e. The summed E-state index contributed by atoms with van der Waals surface area (Å²) in [6, 6.07) is 0.294. The van der Waals surface area contributed by atoms with Crippen LogP contribution in [0.4, 0.5) is 4.79 Å². The molecule has 0 aromatic carbocycles. The average molecular weight is 412 g/mol. The normalized spacial score (nSPS) is 40.5. The van der Waals surface area contributed by atoms with Crippen LogP contribution < -0.4 is 4.72 Å². The molecular weight excluding hydrogens is 374 g/mol. The van der Waals surface area contributed by atoms with Gasteiger partial charge in [0.15, 0.2) is 0 Å². The minimum Gasteiger partial charge on any atom is -0.323 e. The van der Waals surface area contributed by atoms with Gasteiger partial charge in [0.05, 0.1) is 17.3 Å². The lowest BCUT2D eigenvalue weighted by atomic mass is 9.76. The molecule has 7 heteroatoms. The Balaban J connectivity index is 1.43. The van der Waals surface area contributed by atoms with Gasteiger partial charge in [-0.15, -0.1) is 0 Å². The van der Waals surface area contributed by atoms with E-state index in [2.05, 4.69) is 23.5 Å². The Morgan fingerprint density at radius 2 is 1.68 bits per heavy atom. The van der Waals surface area contributed by atoms with E-state index < -0.39 is 10.0 Å². The molecule has 0 aromatic rings. The maximum atomic E-state index is 13.0. The second-order valence-corrected chi connectivity index (χ2v) is 12.6. The van der Waals surface area contributed by atoms with Crippen LogP contribution in [-0.2, 0) is 10.0 Å². The molecule has 4 rings (SSSR count). The first-order valence-electron chi connectivity index (χ1n) is 11.1. The van der Waals surface area contributed by atoms with Crippen LogP contribution in [0.2, 0.25) is 0 Å². The first kappa shape index (κ1) is 20.5. The van der Waals surface area contributed by atoms with Crippen molar-refractivity contribution in [3.05, 3.63) is 0 Å². The van der Waals surface area contributed by atoms with E-state index in [1.54, 1.807) is 0 Å². The second-order valence-electron chi connectivity index (χ2n) is 10.6. The number of fused-ring (bicyclic) bond motifs is 1. The molecule has 1 saturated heterocycles. The fourth-order valence-corrected chi connectivity index (χ4v) is 8.07. The third kappa shape index (κ3) is 3.93. The Hall–Kier alpha value is -0.820. The maximum absolute atomic E-state index is 13.0. The van der Waals surface area contributed by atoms with Crippen molar-refractivity contribution >= 4 is 16.1 Å². The number of nitrogens with zero attached hydrogens (tertiary/aromatic N) is 2. The summed E-state index contributed by atoms with van der Waals surface area (Å²) in [5.41, 5.74) is -0.229. The molecule has 28 heavy (non-hydrogen) atoms. The fourth-order valence-electron chi connectivity index (χ4n) is 6.11. The molecular formula is C21H37N3O3S. The molecule has 2 amide bonds. The summed E-state index contributed by atoms with van der Waals surface area (Å²) < 4.78 is 28.6. The highest BCUT2D eigenvalue weighted by atomic mass is 32.2. The molecule has 6 nitrogen and oxygen atoms in total. The van der Waals surface area contributed by atoms with Crippen LogP contribution >= 0.6 is 0 Å². The molecule has 0 aromatic heterocycles. The molecule has 3 saturated carbocycles. The highest BCUT2D eigenvalue weighted by molar-refractivity contribution is 7.90. The largest absolute Gasteiger partial charge is 0.323 e. The molecule has 5 unspecified atom stereocenters. The van der Waals surface area contributed by atoms with Crippen molar-refractivity contribution in [3.63, 3.8) is 0 Å². The molecule has 1 heterocycles. The first-order chi connectivity index (χ1) is 13.1. The van der Waals surface area contributed by atoms with E-state index in [-0.39, 0.29) is 28.9 Å². The molecule has 4 aliphatic rings. The standard InChI is InChI=1S/C21H37N3O3S/c1-14-9-15(2)11-16(10-14)13-24-18-6-5-17(12-19(18)23(4)20(24)25)28(26,27)22-21(3)7-8-21/h14-19,22H,5-13H2,1-4H3. The Labute approximate surface area is 170 Å². The predicted molar refractivity (Wildman–Crippen MR) is 110 cm³/mol. The highest BCUT2D eigenvalue weighted by Gasteiger charge is 2.51. The third-order valence-electron chi connectivity index (χ3n) is 7.74. The van der Waals surface area contributed by atoms with Crippen LogP contribution in [0.1, 0.15) is 72.1 Å². The Morgan fingerprint density at radius 3 is 2.29 bits per heavy atom. The van der Waals surface area contributed by atoms with E-state index in [1.807, 2.05) is 18.9 Å². The average Bonchev–Trinajstić information content (AvgIpc) is 3.27. The van der Waals surface area contributed by atoms with Gasteiger partial charge in [-0.25, -0.2) is 17.9 Å². The van der Waals surface area contributed by atoms with Crippen molar-refractivity contribution in [2.75, 3.05) is 13.6 Å². The molecule has 0 radical (unpaired) electrons. The molecule has 1 N–H and O–H groups in total. The third-order valence-corrected chi connectivity index (χ3v) is 9.82. The minimum atomic E-state index is -3.32. The lowest BCUT2D eigenvalue weighted by molar-refractivity contribution is 0.138. The van der Waals surface area contributed by atoms with E-state index in [9.17, 15) is 13.2 Å². The van der Waals surface area contributed by atoms with E-state index >= 15 is 0 Å². The molecule has 4 fully saturated rings. The zero-order valence-electron chi connectivity index (χ0n) is 17.9. The van der Waals surface area contributed by atoms with Gasteiger partial charge in [-0.2, -0.15) is 0 Å². The molecule has 0 spiro atoms. The Morgan fingerprint density at radius 1 is 1.04 bits per heavy atom. The van der Waals surface area contributed by atoms with Crippen LogP contribution in [0.3, 0.4) is 0 Å². The lowest BCUT2D eigenvalue weighted by Crippen LogP contribution is -2.50. The summed E-state index contributed by atoms with van der Waals surface area (Å²) in [6.07, 6.45) is 7.56. The predicted octanol–water partition coefficient (Wildman–Crippen LogP) is 3.19. The number of sulfonamides is 1. The topological polar surface area (TPSA) is 69.7 Å². The van der Waals surface area contributed by atoms with Gasteiger partial charge in [-0.05, 0) is 76.0 Å². The van der Waals surface area contributed by atoms with Gasteiger partial charge < -0.3 is 9.80 Å². The number of hydrogen-bond donors (Lipinski definition) is 1. The van der Waals surface area contributed by atoms with Crippen molar-refractivity contribution in [1.82, 2.24) is 14.5 Å². The minimum absolute atomic E-state index is 0.0215. The van der Waals surface area contributed by atoms with Gasteiger partial charge >= 0.3 is 6.03 Å². The van der Waals surface area contributed by atoms with Crippen molar-refractivity contribution in [2.45, 2.75) is 95.0 Å². The SMILES string of the molecule is CC1CC(C)CC(CN2C(=O)N(C)C3CC(S(=O)(=O)NC4(C)CC4)CCC32)C1. The molecule has 1 aliphatic heterocycles. The van der Waals surface area contributed by atoms with Crippen molar-refractivity contribution in [1.29, 1.82) is 0 Å². The molecule has 5 atom stereocenters. The number of nitrogens with one attached hydrogen (secondary N) is 1. The lowest BCUT2D eigenvalue weighted by Gasteiger charge is -2.38. The summed E-state index contributed by atoms with van der Waals surface area (Å²) in [5, 5.41) is -0.379. The summed E-state index contributed by atoms with van der Waals surface area (Å²) in [6.45, 7) is 7.47. The quantitative estimate of drug-likeness (QED) is 0.755. The summed E-state index contributed by atoms with van der Waals surface area (Å²) in [5.74, 6) is 2.04. The second kappa shape index (κ2) is 7.15. The zero-order valence-corrected chi connectivity index (χ0v) is 18.7. The molecule has 3 aliphatic carbocycles. The Kier molecular flexibility index (Phi) is 5.22. The number of carbonyl (C=O) groups is 1. The molecule has 0 bridgehead atoms. The van der Waals surface area contributed by atoms with Crippen molar-refractivity contribution < 1.29 is 13.2 Å². The van der Waals surface area contributed by atoms with E-state index in [1.165, 1.54) is 19.3 Å². The number of carbonyl (C=O) groups excluding carboxylic acids is 1. The van der Waals surface area contributed by atoms with Crippen LogP contribution in [0.15, 0.2) is 0 Å². The summed E-state index contributed by atoms with van der Waals surface area (Å²) >= 11 is 0. The molecule has 160 valence electrons. The van der Waals surface area contributed by atoms with Crippen LogP contribution in [0.25, 0.3) is 0 Å². The first-order valence-corrected chi connectivity index (χ1v) is 12.7. The highest BCUT2D eigenvalue weighted by Crippen LogP contribution is 2.41. The fraction of sp³-hybridized carbons (Fsp3) is 0.952. The number of likely N-dealkylation sites (N-methyl/N-ethyl adjacent to an activating group) is 1. The zero-order chi connectivity index (χ0) is 20.3. The van der Waals surface area contributed by atoms with Crippen molar-refractivity contribution in [2.24, 2.45) is 17.8 Å². The van der Waals surface area contributed by atoms with E-state index in [4.69, 9.17) is 0 Å². The van der Waals surface area contributed by atoms with Crippen LogP contribution in [0.5, 0.6) is 0 Å². The number of urea groups is 1. The van der Waals surface area contributed by atoms with Crippen LogP contribution in [-0.4, -0.2) is 60.7 Å². The van der Waals surface area contributed by atoms with Crippen LogP contribution in [0, 0.1) is 17.8 Å². The number of rotatable bonds is 5. The van der Waals surface area contributed by atoms with E-state index in [0.717, 1.165) is 37.6 Å². The van der Waals surface area contributed by atoms with Gasteiger partial charge in [-0.1, -0.05) is 13.8 Å². The van der Waals surface area contributed by atoms with Gasteiger partial charge in [0.25, 0.3) is 0 Å². The van der Waals surface area contributed by atoms with Gasteiger partial charge in [-0.3, -0.25) is 0 Å². The number of hydrogen-bond acceptors (Lipinski definition) is 3. The van der Waals surface area contributed by atoms with Gasteiger partial charge in [0, 0.05) is 19.1 Å². The van der Waals surface area contributed by atoms with Gasteiger partial charge in [0.1, 0.15) is 0 Å². The van der Waals surface area contributed by atoms with Gasteiger partial charge in [0.2, 0.25) is 10.0 Å². The summed E-state index contributed by atoms with van der Waals surface area (Å²) in [7, 11) is -1.47.